The molecule has 0 aliphatic heterocycles. The first-order valence-corrected chi connectivity index (χ1v) is 7.40. The van der Waals surface area contributed by atoms with Gasteiger partial charge in [-0.15, -0.1) is 0 Å². The van der Waals surface area contributed by atoms with Gasteiger partial charge in [-0.05, 0) is 18.9 Å². The highest BCUT2D eigenvalue weighted by Crippen LogP contribution is 2.36. The molecule has 110 valence electrons. The zero-order chi connectivity index (χ0) is 15.1. The van der Waals surface area contributed by atoms with Gasteiger partial charge in [0.25, 0.3) is 0 Å². The van der Waals surface area contributed by atoms with Crippen LogP contribution in [0, 0.1) is 0 Å². The van der Waals surface area contributed by atoms with Gasteiger partial charge in [-0.25, -0.2) is 0 Å². The third-order valence-electron chi connectivity index (χ3n) is 3.48. The van der Waals surface area contributed by atoms with Crippen molar-refractivity contribution in [2.24, 2.45) is 0 Å². The van der Waals surface area contributed by atoms with Crippen LogP contribution in [-0.2, 0) is 0 Å². The minimum absolute atomic E-state index is 0.136. The normalized spacial score (nSPS) is 15.0. The zero-order valence-corrected chi connectivity index (χ0v) is 12.9. The van der Waals surface area contributed by atoms with Crippen molar-refractivity contribution in [1.82, 2.24) is 0 Å². The molecule has 0 aromatic heterocycles. The summed E-state index contributed by atoms with van der Waals surface area (Å²) < 4.78 is 0. The predicted octanol–water partition coefficient (Wildman–Crippen LogP) is 5.24. The van der Waals surface area contributed by atoms with E-state index < -0.39 is 0 Å². The van der Waals surface area contributed by atoms with E-state index in [4.69, 9.17) is 0 Å². The van der Waals surface area contributed by atoms with Gasteiger partial charge in [-0.2, -0.15) is 0 Å². The van der Waals surface area contributed by atoms with E-state index >= 15 is 0 Å². The number of hydrogen-bond acceptors (Lipinski definition) is 2. The van der Waals surface area contributed by atoms with Crippen LogP contribution in [0.2, 0.25) is 0 Å². The lowest BCUT2D eigenvalue weighted by Gasteiger charge is -2.16. The van der Waals surface area contributed by atoms with Gasteiger partial charge in [0.2, 0.25) is 0 Å². The molecule has 1 aromatic rings. The van der Waals surface area contributed by atoms with Crippen molar-refractivity contribution in [2.45, 2.75) is 52.4 Å². The molecule has 0 saturated heterocycles. The van der Waals surface area contributed by atoms with E-state index in [9.17, 15) is 10.2 Å². The number of benzene rings is 1. The first-order chi connectivity index (χ1) is 9.51. The van der Waals surface area contributed by atoms with Gasteiger partial charge in [0.1, 0.15) is 11.5 Å². The molecule has 0 spiro atoms. The van der Waals surface area contributed by atoms with Crippen LogP contribution in [0.25, 0.3) is 0 Å². The van der Waals surface area contributed by atoms with Crippen molar-refractivity contribution < 1.29 is 10.2 Å². The lowest BCUT2D eigenvalue weighted by molar-refractivity contribution is 0.440. The zero-order valence-electron chi connectivity index (χ0n) is 12.9. The molecule has 0 aliphatic carbocycles. The molecule has 0 bridgehead atoms. The maximum Gasteiger partial charge on any atom is 0.123 e. The summed E-state index contributed by atoms with van der Waals surface area (Å²) in [6, 6.07) is 3.37. The Bertz CT molecular complexity index is 445. The molecule has 0 saturated carbocycles. The molecule has 2 heteroatoms. The Labute approximate surface area is 122 Å². The van der Waals surface area contributed by atoms with Crippen LogP contribution in [0.15, 0.2) is 36.4 Å². The molecule has 2 atom stereocenters. The van der Waals surface area contributed by atoms with Gasteiger partial charge in [-0.1, -0.05) is 52.0 Å². The third kappa shape index (κ3) is 4.16. The van der Waals surface area contributed by atoms with Gasteiger partial charge < -0.3 is 10.2 Å². The molecule has 0 radical (unpaired) electrons. The molecule has 1 rings (SSSR count). The Kier molecular flexibility index (Phi) is 6.37. The molecule has 2 unspecified atom stereocenters. The largest absolute Gasteiger partial charge is 0.508 e. The maximum atomic E-state index is 10.0. The van der Waals surface area contributed by atoms with E-state index in [0.29, 0.717) is 0 Å². The fraction of sp³-hybridized carbons (Fsp3) is 0.444. The lowest BCUT2D eigenvalue weighted by atomic mass is 9.91. The van der Waals surface area contributed by atoms with Crippen molar-refractivity contribution in [2.75, 3.05) is 0 Å². The average molecular weight is 274 g/mol. The Morgan fingerprint density at radius 3 is 1.60 bits per heavy atom. The van der Waals surface area contributed by atoms with Crippen molar-refractivity contribution in [3.63, 3.8) is 0 Å². The number of aromatic hydroxyl groups is 2. The van der Waals surface area contributed by atoms with E-state index in [1.54, 1.807) is 0 Å². The summed E-state index contributed by atoms with van der Waals surface area (Å²) in [5.74, 6) is 0.589. The number of allylic oxidation sites excluding steroid dienone is 4. The summed E-state index contributed by atoms with van der Waals surface area (Å²) in [5, 5.41) is 20.1. The molecule has 20 heavy (non-hydrogen) atoms. The summed E-state index contributed by atoms with van der Waals surface area (Å²) >= 11 is 0. The molecular formula is C18H26O2. The summed E-state index contributed by atoms with van der Waals surface area (Å²) in [7, 11) is 0. The summed E-state index contributed by atoms with van der Waals surface area (Å²) in [6.07, 6.45) is 10.3. The fourth-order valence-corrected chi connectivity index (χ4v) is 2.23. The van der Waals surface area contributed by atoms with Gasteiger partial charge in [0.05, 0.1) is 0 Å². The standard InChI is InChI=1S/C18H26O2/c1-5-7-9-13(3)15-11-16(14(4)10-8-6-2)18(20)12-17(15)19/h7-14,19-20H,5-6H2,1-4H3/b9-7+,10-8+. The number of phenols is 2. The molecule has 2 nitrogen and oxygen atoms in total. The van der Waals surface area contributed by atoms with Gasteiger partial charge >= 0.3 is 0 Å². The summed E-state index contributed by atoms with van der Waals surface area (Å²) in [5.41, 5.74) is 1.72. The van der Waals surface area contributed by atoms with Gasteiger partial charge in [0.15, 0.2) is 0 Å². The van der Waals surface area contributed by atoms with E-state index in [1.807, 2.05) is 6.07 Å². The molecule has 0 heterocycles. The van der Waals surface area contributed by atoms with Gasteiger partial charge in [-0.3, -0.25) is 0 Å². The topological polar surface area (TPSA) is 40.5 Å². The maximum absolute atomic E-state index is 10.0. The van der Waals surface area contributed by atoms with Crippen LogP contribution in [0.5, 0.6) is 11.5 Å². The van der Waals surface area contributed by atoms with Crippen LogP contribution in [0.3, 0.4) is 0 Å². The molecule has 2 N–H and O–H groups in total. The van der Waals surface area contributed by atoms with Crippen LogP contribution < -0.4 is 0 Å². The SMILES string of the molecule is CC/C=C/C(C)c1cc(C(C)/C=C/CC)c(O)cc1O. The van der Waals surface area contributed by atoms with E-state index in [1.165, 1.54) is 6.07 Å². The monoisotopic (exact) mass is 274 g/mol. The molecule has 0 amide bonds. The molecule has 0 aliphatic rings. The van der Waals surface area contributed by atoms with E-state index in [2.05, 4.69) is 52.0 Å². The summed E-state index contributed by atoms with van der Waals surface area (Å²) in [6.45, 7) is 8.27. The second-order valence-electron chi connectivity index (χ2n) is 5.22. The second-order valence-corrected chi connectivity index (χ2v) is 5.22. The number of phenolic OH excluding ortho intramolecular Hbond substituents is 2. The predicted molar refractivity (Wildman–Crippen MR) is 85.5 cm³/mol. The number of rotatable bonds is 6. The Hall–Kier alpha value is -1.70. The smallest absolute Gasteiger partial charge is 0.123 e. The fourth-order valence-electron chi connectivity index (χ4n) is 2.23. The Morgan fingerprint density at radius 1 is 0.850 bits per heavy atom. The van der Waals surface area contributed by atoms with Crippen molar-refractivity contribution in [1.29, 1.82) is 0 Å². The highest BCUT2D eigenvalue weighted by atomic mass is 16.3. The Balaban J connectivity index is 3.15. The van der Waals surface area contributed by atoms with Crippen molar-refractivity contribution in [3.05, 3.63) is 47.6 Å². The molecular weight excluding hydrogens is 248 g/mol. The summed E-state index contributed by atoms with van der Waals surface area (Å²) in [4.78, 5) is 0. The van der Waals surface area contributed by atoms with Crippen LogP contribution >= 0.6 is 0 Å². The minimum Gasteiger partial charge on any atom is -0.508 e. The van der Waals surface area contributed by atoms with E-state index in [-0.39, 0.29) is 23.3 Å². The molecule has 1 aromatic carbocycles. The number of hydrogen-bond donors (Lipinski definition) is 2. The van der Waals surface area contributed by atoms with E-state index in [0.717, 1.165) is 24.0 Å². The highest BCUT2D eigenvalue weighted by molar-refractivity contribution is 5.49. The van der Waals surface area contributed by atoms with Crippen molar-refractivity contribution in [3.8, 4) is 11.5 Å². The van der Waals surface area contributed by atoms with Gasteiger partial charge in [0, 0.05) is 29.0 Å². The Morgan fingerprint density at radius 2 is 1.25 bits per heavy atom. The van der Waals surface area contributed by atoms with Crippen LogP contribution in [0.1, 0.15) is 63.5 Å². The lowest BCUT2D eigenvalue weighted by Crippen LogP contribution is -1.96. The third-order valence-corrected chi connectivity index (χ3v) is 3.48. The first-order valence-electron chi connectivity index (χ1n) is 7.40. The second kappa shape index (κ2) is 7.78. The van der Waals surface area contributed by atoms with Crippen LogP contribution in [0.4, 0.5) is 0 Å². The quantitative estimate of drug-likeness (QED) is 0.697. The minimum atomic E-state index is 0.136. The highest BCUT2D eigenvalue weighted by Gasteiger charge is 2.15. The van der Waals surface area contributed by atoms with Crippen molar-refractivity contribution >= 4 is 0 Å². The average Bonchev–Trinajstić information content (AvgIpc) is 2.42. The first kappa shape index (κ1) is 16.4. The molecule has 0 fully saturated rings. The van der Waals surface area contributed by atoms with Crippen LogP contribution in [-0.4, -0.2) is 10.2 Å².